The van der Waals surface area contributed by atoms with Crippen LogP contribution in [0.5, 0.6) is 0 Å². The predicted octanol–water partition coefficient (Wildman–Crippen LogP) is 2.39. The molecule has 2 heterocycles. The van der Waals surface area contributed by atoms with E-state index in [-0.39, 0.29) is 12.5 Å². The first kappa shape index (κ1) is 19.7. The molecule has 0 saturated heterocycles. The third-order valence-corrected chi connectivity index (χ3v) is 3.50. The summed E-state index contributed by atoms with van der Waals surface area (Å²) in [6.45, 7) is 6.36. The van der Waals surface area contributed by atoms with E-state index < -0.39 is 11.7 Å². The van der Waals surface area contributed by atoms with Gasteiger partial charge in [-0.1, -0.05) is 11.6 Å². The van der Waals surface area contributed by atoms with Gasteiger partial charge in [-0.15, -0.1) is 0 Å². The van der Waals surface area contributed by atoms with E-state index >= 15 is 0 Å². The Hall–Kier alpha value is -2.61. The number of pyridine rings is 1. The van der Waals surface area contributed by atoms with Crippen LogP contribution >= 0.6 is 11.6 Å². The van der Waals surface area contributed by atoms with Gasteiger partial charge in [0.15, 0.2) is 0 Å². The van der Waals surface area contributed by atoms with Crippen LogP contribution in [0.25, 0.3) is 0 Å². The van der Waals surface area contributed by atoms with Crippen molar-refractivity contribution in [2.75, 3.05) is 6.54 Å². The number of hydrogen-bond acceptors (Lipinski definition) is 5. The average Bonchev–Trinajstić information content (AvgIpc) is 3.01. The SMILES string of the molecule is CC(C)(C)OC(=O)NCCn1cc(C(=O)NCc2ncccc2Cl)cn1. The molecular formula is C17H22ClN5O3. The lowest BCUT2D eigenvalue weighted by Crippen LogP contribution is -2.34. The number of carbonyl (C=O) groups is 2. The van der Waals surface area contributed by atoms with Crippen LogP contribution in [-0.2, 0) is 17.8 Å². The molecule has 2 amide bonds. The van der Waals surface area contributed by atoms with E-state index in [9.17, 15) is 9.59 Å². The highest BCUT2D eigenvalue weighted by Crippen LogP contribution is 2.11. The van der Waals surface area contributed by atoms with Crippen molar-refractivity contribution in [3.8, 4) is 0 Å². The standard InChI is InChI=1S/C17H22ClN5O3/c1-17(2,3)26-16(25)20-7-8-23-11-12(9-22-23)15(24)21-10-14-13(18)5-4-6-19-14/h4-6,9,11H,7-8,10H2,1-3H3,(H,20,25)(H,21,24). The molecule has 0 bridgehead atoms. The fraction of sp³-hybridized carbons (Fsp3) is 0.412. The number of alkyl carbamates (subject to hydrolysis) is 1. The van der Waals surface area contributed by atoms with Gasteiger partial charge in [-0.05, 0) is 32.9 Å². The minimum atomic E-state index is -0.544. The molecule has 2 aromatic heterocycles. The Bertz CT molecular complexity index is 770. The number of carbonyl (C=O) groups excluding carboxylic acids is 2. The number of halogens is 1. The maximum Gasteiger partial charge on any atom is 0.407 e. The van der Waals surface area contributed by atoms with Crippen molar-refractivity contribution in [3.05, 3.63) is 47.0 Å². The third-order valence-electron chi connectivity index (χ3n) is 3.16. The average molecular weight is 380 g/mol. The van der Waals surface area contributed by atoms with E-state index in [1.807, 2.05) is 0 Å². The number of amides is 2. The van der Waals surface area contributed by atoms with Gasteiger partial charge in [-0.2, -0.15) is 5.10 Å². The number of nitrogens with zero attached hydrogens (tertiary/aromatic N) is 3. The minimum Gasteiger partial charge on any atom is -0.444 e. The van der Waals surface area contributed by atoms with E-state index in [0.717, 1.165) is 0 Å². The molecule has 26 heavy (non-hydrogen) atoms. The summed E-state index contributed by atoms with van der Waals surface area (Å²) < 4.78 is 6.71. The van der Waals surface area contributed by atoms with Crippen molar-refractivity contribution in [2.24, 2.45) is 0 Å². The Balaban J connectivity index is 1.79. The summed E-state index contributed by atoms with van der Waals surface area (Å²) in [6.07, 6.45) is 4.19. The van der Waals surface area contributed by atoms with E-state index in [0.29, 0.717) is 29.4 Å². The van der Waals surface area contributed by atoms with Crippen LogP contribution in [0, 0.1) is 0 Å². The number of aromatic nitrogens is 3. The van der Waals surface area contributed by atoms with Crippen LogP contribution in [0.3, 0.4) is 0 Å². The van der Waals surface area contributed by atoms with Gasteiger partial charge in [0.25, 0.3) is 5.91 Å². The lowest BCUT2D eigenvalue weighted by atomic mass is 10.2. The summed E-state index contributed by atoms with van der Waals surface area (Å²) in [6, 6.07) is 3.44. The molecule has 140 valence electrons. The van der Waals surface area contributed by atoms with E-state index in [4.69, 9.17) is 16.3 Å². The van der Waals surface area contributed by atoms with E-state index in [2.05, 4.69) is 20.7 Å². The van der Waals surface area contributed by atoms with Crippen molar-refractivity contribution in [3.63, 3.8) is 0 Å². The van der Waals surface area contributed by atoms with Gasteiger partial charge in [0, 0.05) is 18.9 Å². The highest BCUT2D eigenvalue weighted by molar-refractivity contribution is 6.31. The summed E-state index contributed by atoms with van der Waals surface area (Å²) in [5, 5.41) is 9.97. The summed E-state index contributed by atoms with van der Waals surface area (Å²) in [4.78, 5) is 27.8. The fourth-order valence-electron chi connectivity index (χ4n) is 2.00. The topological polar surface area (TPSA) is 98.1 Å². The van der Waals surface area contributed by atoms with Gasteiger partial charge in [0.1, 0.15) is 5.60 Å². The zero-order valence-electron chi connectivity index (χ0n) is 15.0. The maximum atomic E-state index is 12.2. The monoisotopic (exact) mass is 379 g/mol. The summed E-state index contributed by atoms with van der Waals surface area (Å²) in [5.41, 5.74) is 0.461. The molecule has 0 radical (unpaired) electrons. The summed E-state index contributed by atoms with van der Waals surface area (Å²) in [7, 11) is 0. The number of rotatable bonds is 6. The van der Waals surface area contributed by atoms with Gasteiger partial charge >= 0.3 is 6.09 Å². The molecule has 2 aromatic rings. The zero-order chi connectivity index (χ0) is 19.2. The minimum absolute atomic E-state index is 0.226. The molecule has 0 aliphatic carbocycles. The van der Waals surface area contributed by atoms with E-state index in [1.165, 1.54) is 6.20 Å². The molecular weight excluding hydrogens is 358 g/mol. The molecule has 0 atom stereocenters. The van der Waals surface area contributed by atoms with Crippen LogP contribution in [0.4, 0.5) is 4.79 Å². The van der Waals surface area contributed by atoms with Gasteiger partial charge in [-0.3, -0.25) is 14.5 Å². The number of ether oxygens (including phenoxy) is 1. The summed E-state index contributed by atoms with van der Waals surface area (Å²) in [5.74, 6) is -0.280. The van der Waals surface area contributed by atoms with Gasteiger partial charge in [0.2, 0.25) is 0 Å². The molecule has 2 N–H and O–H groups in total. The molecule has 0 aliphatic rings. The molecule has 0 spiro atoms. The molecule has 0 aliphatic heterocycles. The fourth-order valence-corrected chi connectivity index (χ4v) is 2.19. The van der Waals surface area contributed by atoms with Crippen molar-refractivity contribution < 1.29 is 14.3 Å². The molecule has 0 unspecified atom stereocenters. The first-order valence-electron chi connectivity index (χ1n) is 8.11. The maximum absolute atomic E-state index is 12.2. The lowest BCUT2D eigenvalue weighted by Gasteiger charge is -2.19. The molecule has 9 heteroatoms. The Morgan fingerprint density at radius 1 is 1.31 bits per heavy atom. The van der Waals surface area contributed by atoms with Gasteiger partial charge in [0.05, 0.1) is 35.6 Å². The first-order valence-corrected chi connectivity index (χ1v) is 8.49. The third kappa shape index (κ3) is 6.36. The van der Waals surface area contributed by atoms with Crippen molar-refractivity contribution >= 4 is 23.6 Å². The highest BCUT2D eigenvalue weighted by atomic mass is 35.5. The molecule has 0 saturated carbocycles. The lowest BCUT2D eigenvalue weighted by molar-refractivity contribution is 0.0525. The largest absolute Gasteiger partial charge is 0.444 e. The summed E-state index contributed by atoms with van der Waals surface area (Å²) >= 11 is 6.01. The number of nitrogens with one attached hydrogen (secondary N) is 2. The van der Waals surface area contributed by atoms with Crippen LogP contribution in [0.2, 0.25) is 5.02 Å². The quantitative estimate of drug-likeness (QED) is 0.803. The van der Waals surface area contributed by atoms with Crippen LogP contribution in [0.1, 0.15) is 36.8 Å². The van der Waals surface area contributed by atoms with Crippen molar-refractivity contribution in [2.45, 2.75) is 39.5 Å². The Kier molecular flexibility index (Phi) is 6.57. The van der Waals surface area contributed by atoms with Crippen molar-refractivity contribution in [1.82, 2.24) is 25.4 Å². The number of hydrogen-bond donors (Lipinski definition) is 2. The predicted molar refractivity (Wildman–Crippen MR) is 96.9 cm³/mol. The molecule has 0 aromatic carbocycles. The highest BCUT2D eigenvalue weighted by Gasteiger charge is 2.15. The van der Waals surface area contributed by atoms with Crippen LogP contribution < -0.4 is 10.6 Å². The molecule has 8 nitrogen and oxygen atoms in total. The second-order valence-electron chi connectivity index (χ2n) is 6.54. The first-order chi connectivity index (χ1) is 12.2. The Labute approximate surface area is 156 Å². The van der Waals surface area contributed by atoms with Gasteiger partial charge < -0.3 is 15.4 Å². The smallest absolute Gasteiger partial charge is 0.407 e. The second kappa shape index (κ2) is 8.66. The molecule has 2 rings (SSSR count). The molecule has 0 fully saturated rings. The Morgan fingerprint density at radius 3 is 2.77 bits per heavy atom. The van der Waals surface area contributed by atoms with E-state index in [1.54, 1.807) is 50.0 Å². The van der Waals surface area contributed by atoms with Crippen LogP contribution in [-0.4, -0.2) is 38.9 Å². The zero-order valence-corrected chi connectivity index (χ0v) is 15.7. The second-order valence-corrected chi connectivity index (χ2v) is 6.94. The van der Waals surface area contributed by atoms with Crippen molar-refractivity contribution in [1.29, 1.82) is 0 Å². The normalized spacial score (nSPS) is 11.1. The van der Waals surface area contributed by atoms with Crippen LogP contribution in [0.15, 0.2) is 30.7 Å². The Morgan fingerprint density at radius 2 is 2.08 bits per heavy atom. The van der Waals surface area contributed by atoms with Gasteiger partial charge in [-0.25, -0.2) is 4.79 Å².